The molecule has 2 heterocycles. The minimum absolute atomic E-state index is 0.00404. The van der Waals surface area contributed by atoms with E-state index in [1.807, 2.05) is 25.7 Å². The molecule has 3 atom stereocenters. The van der Waals surface area contributed by atoms with Crippen molar-refractivity contribution in [2.45, 2.75) is 70.6 Å². The summed E-state index contributed by atoms with van der Waals surface area (Å²) in [6.45, 7) is 7.51. The van der Waals surface area contributed by atoms with Gasteiger partial charge in [-0.15, -0.1) is 0 Å². The van der Waals surface area contributed by atoms with E-state index in [1.54, 1.807) is 0 Å². The minimum atomic E-state index is -0.490. The average Bonchev–Trinajstić information content (AvgIpc) is 2.63. The molecule has 2 rings (SSSR count). The van der Waals surface area contributed by atoms with Gasteiger partial charge in [0.2, 0.25) is 0 Å². The lowest BCUT2D eigenvalue weighted by Gasteiger charge is -2.40. The lowest BCUT2D eigenvalue weighted by atomic mass is 9.87. The van der Waals surface area contributed by atoms with Crippen molar-refractivity contribution < 1.29 is 19.4 Å². The molecular weight excluding hydrogens is 270 g/mol. The molecule has 5 heteroatoms. The molecule has 5 nitrogen and oxygen atoms in total. The van der Waals surface area contributed by atoms with Crippen LogP contribution in [0.4, 0.5) is 4.79 Å². The Bertz CT molecular complexity index is 353. The van der Waals surface area contributed by atoms with Gasteiger partial charge in [-0.3, -0.25) is 0 Å². The van der Waals surface area contributed by atoms with Gasteiger partial charge in [-0.1, -0.05) is 12.8 Å². The summed E-state index contributed by atoms with van der Waals surface area (Å²) in [4.78, 5) is 14.3. The van der Waals surface area contributed by atoms with E-state index >= 15 is 0 Å². The minimum Gasteiger partial charge on any atom is -0.444 e. The summed E-state index contributed by atoms with van der Waals surface area (Å²) >= 11 is 0. The smallest absolute Gasteiger partial charge is 0.410 e. The molecule has 1 N–H and O–H groups in total. The molecule has 3 unspecified atom stereocenters. The highest BCUT2D eigenvalue weighted by atomic mass is 16.6. The lowest BCUT2D eigenvalue weighted by molar-refractivity contribution is -0.0712. The fraction of sp³-hybridized carbons (Fsp3) is 0.938. The van der Waals surface area contributed by atoms with Gasteiger partial charge in [0, 0.05) is 25.1 Å². The van der Waals surface area contributed by atoms with Gasteiger partial charge in [0.1, 0.15) is 5.60 Å². The first-order valence-electron chi connectivity index (χ1n) is 8.14. The molecule has 2 aliphatic heterocycles. The van der Waals surface area contributed by atoms with E-state index in [9.17, 15) is 9.90 Å². The predicted molar refractivity (Wildman–Crippen MR) is 80.1 cm³/mol. The summed E-state index contributed by atoms with van der Waals surface area (Å²) in [7, 11) is 0. The number of hydrogen-bond donors (Lipinski definition) is 1. The fourth-order valence-corrected chi connectivity index (χ4v) is 3.24. The van der Waals surface area contributed by atoms with Crippen molar-refractivity contribution in [3.8, 4) is 0 Å². The van der Waals surface area contributed by atoms with Gasteiger partial charge < -0.3 is 19.5 Å². The van der Waals surface area contributed by atoms with Crippen LogP contribution in [-0.4, -0.2) is 53.6 Å². The van der Waals surface area contributed by atoms with E-state index in [-0.39, 0.29) is 24.2 Å². The normalized spacial score (nSPS) is 31.6. The van der Waals surface area contributed by atoms with E-state index in [0.29, 0.717) is 26.2 Å². The summed E-state index contributed by atoms with van der Waals surface area (Å²) in [5.41, 5.74) is -0.490. The van der Waals surface area contributed by atoms with Crippen LogP contribution in [0.5, 0.6) is 0 Å². The van der Waals surface area contributed by atoms with E-state index < -0.39 is 5.60 Å². The number of carbonyl (C=O) groups excluding carboxylic acids is 1. The van der Waals surface area contributed by atoms with Crippen LogP contribution >= 0.6 is 0 Å². The molecule has 0 bridgehead atoms. The highest BCUT2D eigenvalue weighted by Crippen LogP contribution is 2.29. The Kier molecular flexibility index (Phi) is 5.49. The Hall–Kier alpha value is -0.810. The maximum Gasteiger partial charge on any atom is 0.410 e. The summed E-state index contributed by atoms with van der Waals surface area (Å²) in [5, 5.41) is 10.3. The molecule has 122 valence electrons. The average molecular weight is 299 g/mol. The van der Waals surface area contributed by atoms with Crippen molar-refractivity contribution in [1.29, 1.82) is 0 Å². The van der Waals surface area contributed by atoms with Gasteiger partial charge in [-0.05, 0) is 40.0 Å². The Labute approximate surface area is 127 Å². The van der Waals surface area contributed by atoms with Gasteiger partial charge >= 0.3 is 6.09 Å². The fourth-order valence-electron chi connectivity index (χ4n) is 3.24. The summed E-state index contributed by atoms with van der Waals surface area (Å²) in [5.74, 6) is 0.00404. The molecule has 0 saturated carbocycles. The molecule has 0 aromatic rings. The highest BCUT2D eigenvalue weighted by molar-refractivity contribution is 5.68. The van der Waals surface area contributed by atoms with Gasteiger partial charge in [0.15, 0.2) is 0 Å². The molecule has 2 fully saturated rings. The molecule has 0 spiro atoms. The molecule has 0 aliphatic carbocycles. The van der Waals surface area contributed by atoms with E-state index in [0.717, 1.165) is 25.7 Å². The van der Waals surface area contributed by atoms with Gasteiger partial charge in [0.25, 0.3) is 0 Å². The van der Waals surface area contributed by atoms with E-state index in [2.05, 4.69) is 0 Å². The third-order valence-electron chi connectivity index (χ3n) is 4.28. The van der Waals surface area contributed by atoms with Crippen LogP contribution in [0.15, 0.2) is 0 Å². The van der Waals surface area contributed by atoms with E-state index in [1.165, 1.54) is 0 Å². The van der Waals surface area contributed by atoms with Gasteiger partial charge in [-0.25, -0.2) is 4.79 Å². The molecule has 1 amide bonds. The first kappa shape index (κ1) is 16.6. The lowest BCUT2D eigenvalue weighted by Crippen LogP contribution is -2.52. The third-order valence-corrected chi connectivity index (χ3v) is 4.28. The number of aliphatic hydroxyl groups is 1. The second-order valence-corrected chi connectivity index (χ2v) is 7.19. The van der Waals surface area contributed by atoms with Crippen LogP contribution < -0.4 is 0 Å². The molecule has 21 heavy (non-hydrogen) atoms. The SMILES string of the molecule is CC(C)(C)OC(=O)N1CCCCCC1C1COCCC1O. The second kappa shape index (κ2) is 6.97. The molecule has 0 aromatic carbocycles. The standard InChI is InChI=1S/C16H29NO4/c1-16(2,3)21-15(19)17-9-6-4-5-7-13(17)12-11-20-10-8-14(12)18/h12-14,18H,4-11H2,1-3H3. The number of amides is 1. The number of rotatable bonds is 1. The highest BCUT2D eigenvalue weighted by Gasteiger charge is 2.38. The second-order valence-electron chi connectivity index (χ2n) is 7.19. The molecule has 0 aromatic heterocycles. The predicted octanol–water partition coefficient (Wildman–Crippen LogP) is 2.56. The number of aliphatic hydroxyl groups excluding tert-OH is 1. The van der Waals surface area contributed by atoms with Crippen molar-refractivity contribution in [3.05, 3.63) is 0 Å². The topological polar surface area (TPSA) is 59.0 Å². The zero-order chi connectivity index (χ0) is 15.5. The Morgan fingerprint density at radius 1 is 1.24 bits per heavy atom. The quantitative estimate of drug-likeness (QED) is 0.808. The van der Waals surface area contributed by atoms with Crippen LogP contribution in [0.25, 0.3) is 0 Å². The van der Waals surface area contributed by atoms with Crippen LogP contribution in [-0.2, 0) is 9.47 Å². The number of hydrogen-bond acceptors (Lipinski definition) is 4. The van der Waals surface area contributed by atoms with E-state index in [4.69, 9.17) is 9.47 Å². The Balaban J connectivity index is 2.11. The molecule has 2 saturated heterocycles. The number of carbonyl (C=O) groups is 1. The molecule has 0 radical (unpaired) electrons. The van der Waals surface area contributed by atoms with Crippen LogP contribution in [0.3, 0.4) is 0 Å². The van der Waals surface area contributed by atoms with Gasteiger partial charge in [-0.2, -0.15) is 0 Å². The zero-order valence-corrected chi connectivity index (χ0v) is 13.5. The van der Waals surface area contributed by atoms with Crippen LogP contribution in [0, 0.1) is 5.92 Å². The maximum atomic E-state index is 12.5. The largest absolute Gasteiger partial charge is 0.444 e. The first-order chi connectivity index (χ1) is 9.88. The zero-order valence-electron chi connectivity index (χ0n) is 13.5. The van der Waals surface area contributed by atoms with Crippen LogP contribution in [0.2, 0.25) is 0 Å². The Morgan fingerprint density at radius 2 is 2.00 bits per heavy atom. The number of ether oxygens (including phenoxy) is 2. The third kappa shape index (κ3) is 4.58. The summed E-state index contributed by atoms with van der Waals surface area (Å²) in [6, 6.07) is 0.0256. The maximum absolute atomic E-state index is 12.5. The van der Waals surface area contributed by atoms with Gasteiger partial charge in [0.05, 0.1) is 12.7 Å². The van der Waals surface area contributed by atoms with Crippen molar-refractivity contribution >= 4 is 6.09 Å². The monoisotopic (exact) mass is 299 g/mol. The molecular formula is C16H29NO4. The van der Waals surface area contributed by atoms with Crippen molar-refractivity contribution in [2.24, 2.45) is 5.92 Å². The molecule has 2 aliphatic rings. The Morgan fingerprint density at radius 3 is 2.67 bits per heavy atom. The van der Waals surface area contributed by atoms with Crippen molar-refractivity contribution in [3.63, 3.8) is 0 Å². The number of nitrogens with zero attached hydrogens (tertiary/aromatic N) is 1. The number of likely N-dealkylation sites (tertiary alicyclic amines) is 1. The summed E-state index contributed by atoms with van der Waals surface area (Å²) in [6.07, 6.45) is 4.15. The van der Waals surface area contributed by atoms with Crippen molar-refractivity contribution in [1.82, 2.24) is 4.90 Å². The first-order valence-corrected chi connectivity index (χ1v) is 8.14. The summed E-state index contributed by atoms with van der Waals surface area (Å²) < 4.78 is 11.1. The van der Waals surface area contributed by atoms with Crippen LogP contribution in [0.1, 0.15) is 52.9 Å². The van der Waals surface area contributed by atoms with Crippen molar-refractivity contribution in [2.75, 3.05) is 19.8 Å².